The highest BCUT2D eigenvalue weighted by Gasteiger charge is 2.10. The Kier molecular flexibility index (Phi) is 13.3. The molecule has 0 aromatic heterocycles. The Bertz CT molecular complexity index is 516. The van der Waals surface area contributed by atoms with Gasteiger partial charge in [-0.15, -0.1) is 0 Å². The van der Waals surface area contributed by atoms with Crippen molar-refractivity contribution in [1.82, 2.24) is 4.90 Å². The predicted octanol–water partition coefficient (Wildman–Crippen LogP) is 7.18. The third-order valence-corrected chi connectivity index (χ3v) is 5.93. The lowest BCUT2D eigenvalue weighted by Gasteiger charge is -2.28. The molecule has 1 atom stereocenters. The van der Waals surface area contributed by atoms with Crippen molar-refractivity contribution in [3.8, 4) is 0 Å². The molecular formula is C24H40NP. The molecule has 0 spiro atoms. The van der Waals surface area contributed by atoms with Crippen LogP contribution in [0.25, 0.3) is 0 Å². The van der Waals surface area contributed by atoms with E-state index in [-0.39, 0.29) is 0 Å². The van der Waals surface area contributed by atoms with Gasteiger partial charge in [-0.3, -0.25) is 0 Å². The third-order valence-electron chi connectivity index (χ3n) is 4.65. The monoisotopic (exact) mass is 373 g/mol. The Morgan fingerprint density at radius 3 is 1.96 bits per heavy atom. The normalized spacial score (nSPS) is 13.9. The molecule has 1 aromatic rings. The Hall–Kier alpha value is -1.07. The summed E-state index contributed by atoms with van der Waals surface area (Å²) >= 11 is 0. The first kappa shape index (κ1) is 23.0. The van der Waals surface area contributed by atoms with Gasteiger partial charge in [0.1, 0.15) is 0 Å². The van der Waals surface area contributed by atoms with E-state index in [1.807, 2.05) is 13.8 Å². The van der Waals surface area contributed by atoms with Crippen molar-refractivity contribution in [3.05, 3.63) is 59.1 Å². The fourth-order valence-electron chi connectivity index (χ4n) is 3.10. The van der Waals surface area contributed by atoms with Crippen LogP contribution in [-0.2, 0) is 12.8 Å². The molecule has 1 unspecified atom stereocenters. The van der Waals surface area contributed by atoms with Crippen LogP contribution in [0.5, 0.6) is 0 Å². The SMILES string of the molecule is CC.CCCCc1ccc(CCCN(CCCC)C2=CC=CCP2)cc1. The minimum Gasteiger partial charge on any atom is -0.371 e. The largest absolute Gasteiger partial charge is 0.371 e. The summed E-state index contributed by atoms with van der Waals surface area (Å²) in [6.45, 7) is 11.0. The van der Waals surface area contributed by atoms with Crippen LogP contribution in [-0.4, -0.2) is 24.2 Å². The van der Waals surface area contributed by atoms with E-state index in [4.69, 9.17) is 0 Å². The molecule has 1 aromatic carbocycles. The maximum absolute atomic E-state index is 2.64. The number of benzene rings is 1. The Morgan fingerprint density at radius 1 is 0.846 bits per heavy atom. The summed E-state index contributed by atoms with van der Waals surface area (Å²) in [6, 6.07) is 9.34. The van der Waals surface area contributed by atoms with E-state index in [1.54, 1.807) is 5.44 Å². The number of hydrogen-bond donors (Lipinski definition) is 0. The quantitative estimate of drug-likeness (QED) is 0.371. The minimum absolute atomic E-state index is 0.960. The maximum Gasteiger partial charge on any atom is 0.0341 e. The van der Waals surface area contributed by atoms with Gasteiger partial charge < -0.3 is 4.90 Å². The van der Waals surface area contributed by atoms with Gasteiger partial charge in [-0.1, -0.05) is 85.5 Å². The molecule has 1 aliphatic heterocycles. The van der Waals surface area contributed by atoms with Gasteiger partial charge in [0.05, 0.1) is 0 Å². The number of unbranched alkanes of at least 4 members (excludes halogenated alkanes) is 2. The van der Waals surface area contributed by atoms with Crippen LogP contribution < -0.4 is 0 Å². The summed E-state index contributed by atoms with van der Waals surface area (Å²) in [5.74, 6) is 0. The first-order valence-corrected chi connectivity index (χ1v) is 12.0. The molecule has 1 nitrogen and oxygen atoms in total. The average molecular weight is 374 g/mol. The summed E-state index contributed by atoms with van der Waals surface area (Å²) in [5.41, 5.74) is 4.55. The molecule has 1 heterocycles. The van der Waals surface area contributed by atoms with Gasteiger partial charge in [0.15, 0.2) is 0 Å². The van der Waals surface area contributed by atoms with E-state index in [0.29, 0.717) is 0 Å². The Labute approximate surface area is 164 Å². The zero-order valence-electron chi connectivity index (χ0n) is 17.6. The molecule has 2 rings (SSSR count). The van der Waals surface area contributed by atoms with E-state index in [2.05, 4.69) is 61.2 Å². The highest BCUT2D eigenvalue weighted by Crippen LogP contribution is 2.30. The summed E-state index contributed by atoms with van der Waals surface area (Å²) in [4.78, 5) is 2.64. The van der Waals surface area contributed by atoms with E-state index < -0.39 is 0 Å². The van der Waals surface area contributed by atoms with Crippen molar-refractivity contribution in [1.29, 1.82) is 0 Å². The number of hydrogen-bond acceptors (Lipinski definition) is 1. The van der Waals surface area contributed by atoms with Crippen molar-refractivity contribution < 1.29 is 0 Å². The van der Waals surface area contributed by atoms with E-state index >= 15 is 0 Å². The van der Waals surface area contributed by atoms with Gasteiger partial charge >= 0.3 is 0 Å². The number of aryl methyl sites for hydroxylation is 2. The fraction of sp³-hybridized carbons (Fsp3) is 0.583. The number of rotatable bonds is 11. The van der Waals surface area contributed by atoms with Crippen molar-refractivity contribution in [2.75, 3.05) is 19.3 Å². The van der Waals surface area contributed by atoms with E-state index in [0.717, 1.165) is 8.58 Å². The van der Waals surface area contributed by atoms with Crippen LogP contribution in [0.15, 0.2) is 47.9 Å². The molecule has 26 heavy (non-hydrogen) atoms. The fourth-order valence-corrected chi connectivity index (χ4v) is 4.22. The molecule has 146 valence electrons. The standard InChI is InChI=1S/C22H34NP.C2H6/c1-3-5-10-20-13-15-21(16-14-20)11-9-18-23(17-6-4-2)22-12-7-8-19-24-22;1-2/h7-8,12-16,24H,3-6,9-11,17-19H2,1-2H3;1-2H3. The summed E-state index contributed by atoms with van der Waals surface area (Å²) in [5, 5.41) is 0. The van der Waals surface area contributed by atoms with E-state index in [9.17, 15) is 0 Å². The van der Waals surface area contributed by atoms with Crippen molar-refractivity contribution in [2.24, 2.45) is 0 Å². The molecule has 1 aliphatic rings. The van der Waals surface area contributed by atoms with Gasteiger partial charge in [0.2, 0.25) is 0 Å². The lowest BCUT2D eigenvalue weighted by molar-refractivity contribution is 0.352. The Balaban J connectivity index is 0.00000163. The number of allylic oxidation sites excluding steroid dienone is 3. The second kappa shape index (κ2) is 15.0. The highest BCUT2D eigenvalue weighted by atomic mass is 31.1. The maximum atomic E-state index is 2.64. The molecular weight excluding hydrogens is 333 g/mol. The molecule has 0 saturated carbocycles. The smallest absolute Gasteiger partial charge is 0.0341 e. The van der Waals surface area contributed by atoms with Crippen LogP contribution in [0.1, 0.15) is 70.9 Å². The third kappa shape index (κ3) is 9.04. The molecule has 0 bridgehead atoms. The van der Waals surface area contributed by atoms with Crippen molar-refractivity contribution in [3.63, 3.8) is 0 Å². The van der Waals surface area contributed by atoms with Gasteiger partial charge in [0.25, 0.3) is 0 Å². The van der Waals surface area contributed by atoms with Crippen LogP contribution in [0.4, 0.5) is 0 Å². The van der Waals surface area contributed by atoms with Gasteiger partial charge in [-0.2, -0.15) is 0 Å². The second-order valence-electron chi connectivity index (χ2n) is 6.73. The van der Waals surface area contributed by atoms with Crippen LogP contribution in [0.2, 0.25) is 0 Å². The summed E-state index contributed by atoms with van der Waals surface area (Å²) < 4.78 is 0. The molecule has 0 radical (unpaired) electrons. The zero-order valence-corrected chi connectivity index (χ0v) is 18.6. The zero-order chi connectivity index (χ0) is 19.0. The van der Waals surface area contributed by atoms with Gasteiger partial charge in [-0.25, -0.2) is 0 Å². The average Bonchev–Trinajstić information content (AvgIpc) is 2.72. The molecule has 0 saturated heterocycles. The first-order chi connectivity index (χ1) is 12.8. The molecule has 2 heteroatoms. The highest BCUT2D eigenvalue weighted by molar-refractivity contribution is 7.43. The Morgan fingerprint density at radius 2 is 1.42 bits per heavy atom. The van der Waals surface area contributed by atoms with Crippen molar-refractivity contribution >= 4 is 8.58 Å². The number of nitrogens with zero attached hydrogens (tertiary/aromatic N) is 1. The molecule has 0 aliphatic carbocycles. The van der Waals surface area contributed by atoms with Crippen molar-refractivity contribution in [2.45, 2.75) is 72.6 Å². The summed E-state index contributed by atoms with van der Waals surface area (Å²) in [6.07, 6.45) is 16.9. The second-order valence-corrected chi connectivity index (χ2v) is 8.00. The first-order valence-electron chi connectivity index (χ1n) is 10.8. The van der Waals surface area contributed by atoms with Gasteiger partial charge in [0, 0.05) is 18.5 Å². The van der Waals surface area contributed by atoms with Crippen LogP contribution in [0, 0.1) is 0 Å². The lowest BCUT2D eigenvalue weighted by Crippen LogP contribution is -2.24. The topological polar surface area (TPSA) is 3.24 Å². The van der Waals surface area contributed by atoms with Gasteiger partial charge in [-0.05, 0) is 55.5 Å². The predicted molar refractivity (Wildman–Crippen MR) is 122 cm³/mol. The molecule has 0 fully saturated rings. The minimum atomic E-state index is 0.960. The lowest BCUT2D eigenvalue weighted by atomic mass is 10.0. The molecule has 0 N–H and O–H groups in total. The van der Waals surface area contributed by atoms with Crippen LogP contribution >= 0.6 is 8.58 Å². The summed E-state index contributed by atoms with van der Waals surface area (Å²) in [7, 11) is 0.960. The van der Waals surface area contributed by atoms with Crippen LogP contribution in [0.3, 0.4) is 0 Å². The van der Waals surface area contributed by atoms with E-state index in [1.165, 1.54) is 75.3 Å². The molecule has 0 amide bonds.